The third-order valence-electron chi connectivity index (χ3n) is 3.62. The van der Waals surface area contributed by atoms with Crippen LogP contribution in [0.3, 0.4) is 0 Å². The summed E-state index contributed by atoms with van der Waals surface area (Å²) in [5, 5.41) is 0.376. The van der Waals surface area contributed by atoms with Crippen molar-refractivity contribution in [2.45, 2.75) is 45.6 Å². The van der Waals surface area contributed by atoms with Crippen molar-refractivity contribution in [3.8, 4) is 6.01 Å². The fourth-order valence-corrected chi connectivity index (χ4v) is 2.57. The summed E-state index contributed by atoms with van der Waals surface area (Å²) in [6.07, 6.45) is 4.18. The number of rotatable bonds is 4. The quantitative estimate of drug-likeness (QED) is 0.784. The number of likely N-dealkylation sites (tertiary alicyclic amines) is 1. The van der Waals surface area contributed by atoms with Crippen molar-refractivity contribution < 1.29 is 14.3 Å². The second-order valence-electron chi connectivity index (χ2n) is 6.71. The molecule has 0 saturated carbocycles. The van der Waals surface area contributed by atoms with E-state index in [1.165, 1.54) is 0 Å². The van der Waals surface area contributed by atoms with Gasteiger partial charge in [0.25, 0.3) is 0 Å². The summed E-state index contributed by atoms with van der Waals surface area (Å²) in [6.45, 7) is 7.66. The first kappa shape index (κ1) is 17.8. The van der Waals surface area contributed by atoms with Crippen LogP contribution in [0.1, 0.15) is 40.0 Å². The molecule has 0 spiro atoms. The fraction of sp³-hybridized carbons (Fsp3) is 0.688. The number of piperidine rings is 1. The van der Waals surface area contributed by atoms with E-state index in [0.717, 1.165) is 32.4 Å². The summed E-state index contributed by atoms with van der Waals surface area (Å²) in [4.78, 5) is 21.8. The molecule has 6 nitrogen and oxygen atoms in total. The Kier molecular flexibility index (Phi) is 6.04. The minimum atomic E-state index is -0.446. The Morgan fingerprint density at radius 1 is 1.39 bits per heavy atom. The highest BCUT2D eigenvalue weighted by Gasteiger charge is 2.26. The van der Waals surface area contributed by atoms with Gasteiger partial charge in [-0.25, -0.2) is 9.78 Å². The molecular weight excluding hydrogens is 318 g/mol. The molecule has 1 fully saturated rings. The van der Waals surface area contributed by atoms with Gasteiger partial charge in [0.15, 0.2) is 0 Å². The van der Waals surface area contributed by atoms with Gasteiger partial charge < -0.3 is 14.4 Å². The number of amides is 1. The Morgan fingerprint density at radius 3 is 2.70 bits per heavy atom. The molecule has 1 saturated heterocycles. The molecule has 0 bridgehead atoms. The van der Waals surface area contributed by atoms with Crippen LogP contribution in [0.4, 0.5) is 4.79 Å². The van der Waals surface area contributed by atoms with Crippen LogP contribution in [-0.4, -0.2) is 46.3 Å². The third-order valence-corrected chi connectivity index (χ3v) is 3.83. The zero-order valence-electron chi connectivity index (χ0n) is 13.9. The molecule has 1 aromatic rings. The normalized spacial score (nSPS) is 16.3. The molecule has 0 radical (unpaired) electrons. The Morgan fingerprint density at radius 2 is 2.09 bits per heavy atom. The fourth-order valence-electron chi connectivity index (χ4n) is 2.44. The molecule has 0 N–H and O–H groups in total. The first-order chi connectivity index (χ1) is 10.8. The van der Waals surface area contributed by atoms with Crippen molar-refractivity contribution in [2.24, 2.45) is 5.92 Å². The highest BCUT2D eigenvalue weighted by Crippen LogP contribution is 2.22. The lowest BCUT2D eigenvalue weighted by atomic mass is 9.94. The number of carbonyl (C=O) groups is 1. The van der Waals surface area contributed by atoms with Gasteiger partial charge in [-0.2, -0.15) is 4.98 Å². The van der Waals surface area contributed by atoms with Crippen molar-refractivity contribution >= 4 is 17.7 Å². The number of ether oxygens (including phenoxy) is 2. The van der Waals surface area contributed by atoms with Gasteiger partial charge in [0, 0.05) is 19.3 Å². The number of aromatic nitrogens is 2. The molecule has 0 unspecified atom stereocenters. The van der Waals surface area contributed by atoms with Gasteiger partial charge >= 0.3 is 12.1 Å². The van der Waals surface area contributed by atoms with Gasteiger partial charge in [0.2, 0.25) is 0 Å². The van der Waals surface area contributed by atoms with E-state index in [4.69, 9.17) is 21.1 Å². The van der Waals surface area contributed by atoms with Crippen molar-refractivity contribution in [2.75, 3.05) is 19.7 Å². The number of carbonyl (C=O) groups excluding carboxylic acids is 1. The zero-order valence-corrected chi connectivity index (χ0v) is 14.7. The van der Waals surface area contributed by atoms with Gasteiger partial charge in [-0.15, -0.1) is 0 Å². The zero-order chi connectivity index (χ0) is 16.9. The first-order valence-electron chi connectivity index (χ1n) is 7.93. The molecule has 1 aliphatic rings. The van der Waals surface area contributed by atoms with Crippen LogP contribution < -0.4 is 4.74 Å². The average molecular weight is 342 g/mol. The molecule has 2 rings (SSSR count). The standard InChI is InChI=1S/C16H24ClN3O3/c1-16(2,3)23-15(21)20-9-5-12(6-10-20)7-11-22-14-18-8-4-13(17)19-14/h4,8,12H,5-7,9-11H2,1-3H3. The molecule has 0 atom stereocenters. The van der Waals surface area contributed by atoms with Crippen LogP contribution in [0.15, 0.2) is 12.3 Å². The van der Waals surface area contributed by atoms with E-state index in [-0.39, 0.29) is 6.09 Å². The van der Waals surface area contributed by atoms with E-state index in [2.05, 4.69) is 9.97 Å². The van der Waals surface area contributed by atoms with Crippen LogP contribution in [0.2, 0.25) is 5.15 Å². The molecule has 2 heterocycles. The first-order valence-corrected chi connectivity index (χ1v) is 8.30. The maximum atomic E-state index is 12.0. The number of halogens is 1. The van der Waals surface area contributed by atoms with E-state index in [1.54, 1.807) is 17.2 Å². The molecule has 0 aliphatic carbocycles. The Bertz CT molecular complexity index is 526. The minimum absolute atomic E-state index is 0.223. The van der Waals surface area contributed by atoms with Crippen LogP contribution in [-0.2, 0) is 4.74 Å². The van der Waals surface area contributed by atoms with Crippen molar-refractivity contribution in [1.82, 2.24) is 14.9 Å². The average Bonchev–Trinajstić information content (AvgIpc) is 2.46. The van der Waals surface area contributed by atoms with Crippen LogP contribution in [0, 0.1) is 5.92 Å². The summed E-state index contributed by atoms with van der Waals surface area (Å²) in [6, 6.07) is 1.92. The Balaban J connectivity index is 1.68. The lowest BCUT2D eigenvalue weighted by Crippen LogP contribution is -2.41. The molecule has 128 valence electrons. The molecule has 0 aromatic carbocycles. The van der Waals surface area contributed by atoms with Crippen LogP contribution in [0.25, 0.3) is 0 Å². The minimum Gasteiger partial charge on any atom is -0.463 e. The topological polar surface area (TPSA) is 64.5 Å². The number of nitrogens with zero attached hydrogens (tertiary/aromatic N) is 3. The second-order valence-corrected chi connectivity index (χ2v) is 7.10. The summed E-state index contributed by atoms with van der Waals surface area (Å²) < 4.78 is 10.9. The maximum absolute atomic E-state index is 12.0. The maximum Gasteiger partial charge on any atom is 0.410 e. The van der Waals surface area contributed by atoms with Crippen molar-refractivity contribution in [3.63, 3.8) is 0 Å². The lowest BCUT2D eigenvalue weighted by molar-refractivity contribution is 0.0177. The van der Waals surface area contributed by atoms with Crippen molar-refractivity contribution in [3.05, 3.63) is 17.4 Å². The molecule has 1 amide bonds. The Labute approximate surface area is 142 Å². The van der Waals surface area contributed by atoms with E-state index >= 15 is 0 Å². The molecule has 1 aromatic heterocycles. The monoisotopic (exact) mass is 341 g/mol. The molecular formula is C16H24ClN3O3. The van der Waals surface area contributed by atoms with E-state index in [9.17, 15) is 4.79 Å². The van der Waals surface area contributed by atoms with Gasteiger partial charge in [-0.1, -0.05) is 11.6 Å². The van der Waals surface area contributed by atoms with Crippen LogP contribution in [0.5, 0.6) is 6.01 Å². The number of hydrogen-bond acceptors (Lipinski definition) is 5. The summed E-state index contributed by atoms with van der Waals surface area (Å²) in [7, 11) is 0. The molecule has 1 aliphatic heterocycles. The summed E-state index contributed by atoms with van der Waals surface area (Å²) in [5.74, 6) is 0.535. The van der Waals surface area contributed by atoms with Crippen LogP contribution >= 0.6 is 11.6 Å². The predicted octanol–water partition coefficient (Wildman–Crippen LogP) is 3.55. The van der Waals surface area contributed by atoms with E-state index < -0.39 is 5.60 Å². The van der Waals surface area contributed by atoms with Crippen molar-refractivity contribution in [1.29, 1.82) is 0 Å². The van der Waals surface area contributed by atoms with Gasteiger partial charge in [0.1, 0.15) is 10.8 Å². The van der Waals surface area contributed by atoms with Gasteiger partial charge in [0.05, 0.1) is 6.61 Å². The second kappa shape index (κ2) is 7.81. The predicted molar refractivity (Wildman–Crippen MR) is 87.7 cm³/mol. The Hall–Kier alpha value is -1.56. The van der Waals surface area contributed by atoms with E-state index in [1.807, 2.05) is 20.8 Å². The van der Waals surface area contributed by atoms with Gasteiger partial charge in [-0.05, 0) is 52.0 Å². The lowest BCUT2D eigenvalue weighted by Gasteiger charge is -2.33. The number of hydrogen-bond donors (Lipinski definition) is 0. The summed E-state index contributed by atoms with van der Waals surface area (Å²) >= 11 is 5.78. The van der Waals surface area contributed by atoms with Gasteiger partial charge in [-0.3, -0.25) is 0 Å². The summed E-state index contributed by atoms with van der Waals surface area (Å²) in [5.41, 5.74) is -0.446. The smallest absolute Gasteiger partial charge is 0.410 e. The van der Waals surface area contributed by atoms with E-state index in [0.29, 0.717) is 23.7 Å². The molecule has 7 heteroatoms. The largest absolute Gasteiger partial charge is 0.463 e. The third kappa shape index (κ3) is 6.22. The highest BCUT2D eigenvalue weighted by molar-refractivity contribution is 6.29. The SMILES string of the molecule is CC(C)(C)OC(=O)N1CCC(CCOc2nccc(Cl)n2)CC1. The molecule has 23 heavy (non-hydrogen) atoms. The highest BCUT2D eigenvalue weighted by atomic mass is 35.5.